The maximum Gasteiger partial charge on any atom is 0.338 e. The number of carbonyl (C=O) groups is 2. The van der Waals surface area contributed by atoms with E-state index in [9.17, 15) is 19.7 Å². The summed E-state index contributed by atoms with van der Waals surface area (Å²) in [5.41, 5.74) is 0.791. The fourth-order valence-corrected chi connectivity index (χ4v) is 3.34. The molecule has 0 unspecified atom stereocenters. The molecule has 3 rings (SSSR count). The first kappa shape index (κ1) is 20.2. The van der Waals surface area contributed by atoms with Crippen LogP contribution in [0.1, 0.15) is 24.2 Å². The zero-order valence-electron chi connectivity index (χ0n) is 15.6. The molecule has 0 bridgehead atoms. The average molecular weight is 415 g/mol. The first-order valence-corrected chi connectivity index (χ1v) is 9.43. The second-order valence-electron chi connectivity index (χ2n) is 6.22. The van der Waals surface area contributed by atoms with Gasteiger partial charge in [0.05, 0.1) is 26.8 Å². The van der Waals surface area contributed by atoms with Crippen LogP contribution in [0.2, 0.25) is 0 Å². The van der Waals surface area contributed by atoms with Crippen LogP contribution in [0.15, 0.2) is 42.5 Å². The summed E-state index contributed by atoms with van der Waals surface area (Å²) in [5.74, 6) is -0.939. The number of amides is 1. The van der Waals surface area contributed by atoms with Crippen molar-refractivity contribution < 1.29 is 24.0 Å². The van der Waals surface area contributed by atoms with Crippen LogP contribution in [0, 0.1) is 10.1 Å². The van der Waals surface area contributed by atoms with E-state index in [1.807, 2.05) is 0 Å². The van der Waals surface area contributed by atoms with Gasteiger partial charge in [-0.25, -0.2) is 9.78 Å². The number of esters is 1. The molecule has 2 aromatic carbocycles. The minimum absolute atomic E-state index is 0.00487. The lowest BCUT2D eigenvalue weighted by Gasteiger charge is -2.07. The second kappa shape index (κ2) is 8.65. The highest BCUT2D eigenvalue weighted by Crippen LogP contribution is 2.28. The van der Waals surface area contributed by atoms with Gasteiger partial charge in [-0.2, -0.15) is 0 Å². The number of nitro groups is 1. The van der Waals surface area contributed by atoms with Gasteiger partial charge in [0.1, 0.15) is 0 Å². The van der Waals surface area contributed by atoms with Crippen molar-refractivity contribution in [2.24, 2.45) is 0 Å². The summed E-state index contributed by atoms with van der Waals surface area (Å²) >= 11 is 1.19. The molecule has 10 heteroatoms. The fourth-order valence-electron chi connectivity index (χ4n) is 2.42. The molecule has 150 valence electrons. The number of fused-ring (bicyclic) bond motifs is 1. The zero-order chi connectivity index (χ0) is 21.0. The molecule has 0 atom stereocenters. The van der Waals surface area contributed by atoms with Crippen molar-refractivity contribution in [1.82, 2.24) is 4.98 Å². The first-order valence-electron chi connectivity index (χ1n) is 8.61. The lowest BCUT2D eigenvalue weighted by molar-refractivity contribution is -0.385. The summed E-state index contributed by atoms with van der Waals surface area (Å²) in [6.07, 6.45) is -0.227. The van der Waals surface area contributed by atoms with E-state index in [1.54, 1.807) is 38.1 Å². The molecule has 1 heterocycles. The van der Waals surface area contributed by atoms with Gasteiger partial charge in [-0.3, -0.25) is 20.2 Å². The molecule has 0 saturated heterocycles. The van der Waals surface area contributed by atoms with E-state index in [4.69, 9.17) is 9.47 Å². The molecular weight excluding hydrogens is 398 g/mol. The maximum atomic E-state index is 12.1. The summed E-state index contributed by atoms with van der Waals surface area (Å²) in [7, 11) is 0. The summed E-state index contributed by atoms with van der Waals surface area (Å²) in [4.78, 5) is 38.8. The molecule has 29 heavy (non-hydrogen) atoms. The van der Waals surface area contributed by atoms with Gasteiger partial charge in [-0.15, -0.1) is 0 Å². The summed E-state index contributed by atoms with van der Waals surface area (Å²) in [5, 5.41) is 13.9. The number of ether oxygens (including phenoxy) is 2. The van der Waals surface area contributed by atoms with Gasteiger partial charge in [-0.1, -0.05) is 23.5 Å². The number of anilines is 1. The largest absolute Gasteiger partial charge is 0.477 e. The highest BCUT2D eigenvalue weighted by atomic mass is 32.1. The van der Waals surface area contributed by atoms with E-state index in [0.29, 0.717) is 20.9 Å². The third-order valence-electron chi connectivity index (χ3n) is 3.63. The van der Waals surface area contributed by atoms with Gasteiger partial charge < -0.3 is 9.47 Å². The number of thiazole rings is 1. The third-order valence-corrected chi connectivity index (χ3v) is 4.57. The van der Waals surface area contributed by atoms with Gasteiger partial charge >= 0.3 is 11.7 Å². The highest BCUT2D eigenvalue weighted by molar-refractivity contribution is 7.22. The molecule has 0 fully saturated rings. The Morgan fingerprint density at radius 3 is 2.72 bits per heavy atom. The Kier molecular flexibility index (Phi) is 6.03. The Morgan fingerprint density at radius 1 is 1.24 bits per heavy atom. The SMILES string of the molecule is CC(C)OC(=O)c1ccc2nc(NC(=O)COc3ccccc3[N+](=O)[O-])sc2c1. The Hall–Kier alpha value is -3.53. The van der Waals surface area contributed by atoms with Crippen LogP contribution in [0.25, 0.3) is 10.2 Å². The van der Waals surface area contributed by atoms with Gasteiger partial charge in [0.15, 0.2) is 17.5 Å². The van der Waals surface area contributed by atoms with Crippen molar-refractivity contribution in [2.75, 3.05) is 11.9 Å². The minimum Gasteiger partial charge on any atom is -0.477 e. The van der Waals surface area contributed by atoms with E-state index in [1.165, 1.54) is 29.5 Å². The van der Waals surface area contributed by atoms with E-state index < -0.39 is 23.4 Å². The topological polar surface area (TPSA) is 121 Å². The van der Waals surface area contributed by atoms with Crippen molar-refractivity contribution in [3.8, 4) is 5.75 Å². The van der Waals surface area contributed by atoms with Crippen molar-refractivity contribution in [2.45, 2.75) is 20.0 Å². The smallest absolute Gasteiger partial charge is 0.338 e. The molecular formula is C19H17N3O6S. The number of aromatic nitrogens is 1. The molecule has 9 nitrogen and oxygen atoms in total. The molecule has 1 aromatic heterocycles. The van der Waals surface area contributed by atoms with Gasteiger partial charge in [0.25, 0.3) is 5.91 Å². The Balaban J connectivity index is 1.66. The average Bonchev–Trinajstić information content (AvgIpc) is 3.07. The highest BCUT2D eigenvalue weighted by Gasteiger charge is 2.16. The quantitative estimate of drug-likeness (QED) is 0.354. The van der Waals surface area contributed by atoms with Gasteiger partial charge in [0, 0.05) is 6.07 Å². The van der Waals surface area contributed by atoms with Crippen LogP contribution < -0.4 is 10.1 Å². The number of para-hydroxylation sites is 2. The predicted octanol–water partition coefficient (Wildman–Crippen LogP) is 3.79. The summed E-state index contributed by atoms with van der Waals surface area (Å²) in [6, 6.07) is 10.7. The number of nitrogens with one attached hydrogen (secondary N) is 1. The standard InChI is InChI=1S/C19H17N3O6S/c1-11(2)28-18(24)12-7-8-13-16(9-12)29-19(20-13)21-17(23)10-27-15-6-4-3-5-14(15)22(25)26/h3-9,11H,10H2,1-2H3,(H,20,21,23). The van der Waals surface area contributed by atoms with Gasteiger partial charge in [-0.05, 0) is 38.1 Å². The third kappa shape index (κ3) is 5.05. The second-order valence-corrected chi connectivity index (χ2v) is 7.25. The number of hydrogen-bond donors (Lipinski definition) is 1. The van der Waals surface area contributed by atoms with E-state index in [-0.39, 0.29) is 17.5 Å². The van der Waals surface area contributed by atoms with Crippen LogP contribution >= 0.6 is 11.3 Å². The monoisotopic (exact) mass is 415 g/mol. The fraction of sp³-hybridized carbons (Fsp3) is 0.211. The maximum absolute atomic E-state index is 12.1. The van der Waals surface area contributed by atoms with Crippen molar-refractivity contribution in [3.63, 3.8) is 0 Å². The molecule has 0 aliphatic carbocycles. The molecule has 0 radical (unpaired) electrons. The summed E-state index contributed by atoms with van der Waals surface area (Å²) < 4.78 is 11.1. The van der Waals surface area contributed by atoms with Crippen molar-refractivity contribution >= 4 is 44.2 Å². The Labute approximate surface area is 169 Å². The number of rotatable bonds is 7. The lowest BCUT2D eigenvalue weighted by atomic mass is 10.2. The Morgan fingerprint density at radius 2 is 2.00 bits per heavy atom. The van der Waals surface area contributed by atoms with E-state index in [0.717, 1.165) is 0 Å². The van der Waals surface area contributed by atoms with E-state index >= 15 is 0 Å². The van der Waals surface area contributed by atoms with Crippen LogP contribution in [-0.2, 0) is 9.53 Å². The number of nitro benzene ring substituents is 1. The van der Waals surface area contributed by atoms with Crippen molar-refractivity contribution in [1.29, 1.82) is 0 Å². The van der Waals surface area contributed by atoms with E-state index in [2.05, 4.69) is 10.3 Å². The number of carbonyl (C=O) groups excluding carboxylic acids is 2. The minimum atomic E-state index is -0.581. The van der Waals surface area contributed by atoms with Crippen LogP contribution in [0.5, 0.6) is 5.75 Å². The zero-order valence-corrected chi connectivity index (χ0v) is 16.4. The number of hydrogen-bond acceptors (Lipinski definition) is 8. The molecule has 1 N–H and O–H groups in total. The molecule has 1 amide bonds. The molecule has 3 aromatic rings. The first-order chi connectivity index (χ1) is 13.8. The molecule has 0 saturated carbocycles. The van der Waals surface area contributed by atoms with Crippen LogP contribution in [-0.4, -0.2) is 34.5 Å². The van der Waals surface area contributed by atoms with Crippen molar-refractivity contribution in [3.05, 3.63) is 58.1 Å². The Bertz CT molecular complexity index is 1080. The molecule has 0 aliphatic heterocycles. The predicted molar refractivity (Wildman–Crippen MR) is 107 cm³/mol. The van der Waals surface area contributed by atoms with Crippen LogP contribution in [0.3, 0.4) is 0 Å². The molecule has 0 spiro atoms. The summed E-state index contributed by atoms with van der Waals surface area (Å²) in [6.45, 7) is 3.12. The number of nitrogens with zero attached hydrogens (tertiary/aromatic N) is 2. The lowest BCUT2D eigenvalue weighted by Crippen LogP contribution is -2.20. The number of benzene rings is 2. The molecule has 0 aliphatic rings. The van der Waals surface area contributed by atoms with Crippen LogP contribution in [0.4, 0.5) is 10.8 Å². The normalized spacial score (nSPS) is 10.7. The van der Waals surface area contributed by atoms with Gasteiger partial charge in [0.2, 0.25) is 0 Å².